The van der Waals surface area contributed by atoms with E-state index in [1.54, 1.807) is 0 Å². The fourth-order valence-corrected chi connectivity index (χ4v) is 3.84. The summed E-state index contributed by atoms with van der Waals surface area (Å²) in [6.45, 7) is 9.90. The Balaban J connectivity index is 1.50. The van der Waals surface area contributed by atoms with Gasteiger partial charge in [-0.15, -0.1) is 0 Å². The predicted molar refractivity (Wildman–Crippen MR) is 110 cm³/mol. The number of carbonyl (C=O) groups is 2. The minimum absolute atomic E-state index is 0.0172. The molecule has 0 spiro atoms. The number of anilines is 1. The molecule has 7 nitrogen and oxygen atoms in total. The summed E-state index contributed by atoms with van der Waals surface area (Å²) in [5.74, 6) is 0.0172. The molecule has 3 rings (SSSR count). The molecule has 2 heterocycles. The van der Waals surface area contributed by atoms with Gasteiger partial charge in [-0.1, -0.05) is 32.0 Å². The maximum Gasteiger partial charge on any atom is 0.320 e. The van der Waals surface area contributed by atoms with Crippen LogP contribution in [0.5, 0.6) is 0 Å². The van der Waals surface area contributed by atoms with E-state index in [-0.39, 0.29) is 11.9 Å². The number of carbonyl (C=O) groups excluding carboxylic acids is 2. The average Bonchev–Trinajstić information content (AvgIpc) is 2.74. The number of nitrogens with one attached hydrogen (secondary N) is 1. The molecule has 28 heavy (non-hydrogen) atoms. The summed E-state index contributed by atoms with van der Waals surface area (Å²) in [5.41, 5.74) is 3.32. The Bertz CT molecular complexity index is 658. The lowest BCUT2D eigenvalue weighted by molar-refractivity contribution is -0.117. The monoisotopic (exact) mass is 388 g/mol. The summed E-state index contributed by atoms with van der Waals surface area (Å²) >= 11 is 0. The number of nitrogens with zero attached hydrogens (tertiary/aromatic N) is 3. The molecule has 2 aliphatic rings. The topological polar surface area (TPSA) is 65.1 Å². The first-order valence-electron chi connectivity index (χ1n) is 10.4. The van der Waals surface area contributed by atoms with Gasteiger partial charge in [0.1, 0.15) is 0 Å². The van der Waals surface area contributed by atoms with E-state index < -0.39 is 0 Å². The fraction of sp³-hybridized carbons (Fsp3) is 0.619. The molecule has 0 bridgehead atoms. The van der Waals surface area contributed by atoms with Gasteiger partial charge in [0.05, 0.1) is 19.8 Å². The minimum atomic E-state index is 0.0172. The summed E-state index contributed by atoms with van der Waals surface area (Å²) in [5, 5.41) is 3.13. The van der Waals surface area contributed by atoms with E-state index in [1.807, 2.05) is 9.80 Å². The molecule has 0 saturated carbocycles. The summed E-state index contributed by atoms with van der Waals surface area (Å²) in [6, 6.07) is 6.30. The SMILES string of the molecule is CCc1cccc(CC)c1NC(=O)CN1CCN(C(=O)N2CCOCC2)CC1. The van der Waals surface area contributed by atoms with Crippen molar-refractivity contribution in [3.63, 3.8) is 0 Å². The number of para-hydroxylation sites is 1. The van der Waals surface area contributed by atoms with Gasteiger partial charge in [0.2, 0.25) is 5.91 Å². The van der Waals surface area contributed by atoms with E-state index >= 15 is 0 Å². The van der Waals surface area contributed by atoms with Crippen molar-refractivity contribution >= 4 is 17.6 Å². The number of hydrogen-bond acceptors (Lipinski definition) is 4. The fourth-order valence-electron chi connectivity index (χ4n) is 3.84. The quantitative estimate of drug-likeness (QED) is 0.836. The third-order valence-electron chi connectivity index (χ3n) is 5.55. The molecule has 1 N–H and O–H groups in total. The summed E-state index contributed by atoms with van der Waals surface area (Å²) < 4.78 is 5.31. The lowest BCUT2D eigenvalue weighted by atomic mass is 10.0. The number of benzene rings is 1. The molecule has 3 amide bonds. The second-order valence-electron chi connectivity index (χ2n) is 7.35. The van der Waals surface area contributed by atoms with E-state index in [0.717, 1.165) is 31.6 Å². The Kier molecular flexibility index (Phi) is 7.28. The van der Waals surface area contributed by atoms with Gasteiger partial charge in [0.15, 0.2) is 0 Å². The number of aryl methyl sites for hydroxylation is 2. The minimum Gasteiger partial charge on any atom is -0.378 e. The highest BCUT2D eigenvalue weighted by atomic mass is 16.5. The first-order chi connectivity index (χ1) is 13.6. The highest BCUT2D eigenvalue weighted by Crippen LogP contribution is 2.22. The van der Waals surface area contributed by atoms with Crippen molar-refractivity contribution < 1.29 is 14.3 Å². The van der Waals surface area contributed by atoms with Crippen molar-refractivity contribution in [2.45, 2.75) is 26.7 Å². The highest BCUT2D eigenvalue weighted by molar-refractivity contribution is 5.93. The second-order valence-corrected chi connectivity index (χ2v) is 7.35. The number of ether oxygens (including phenoxy) is 1. The van der Waals surface area contributed by atoms with Gasteiger partial charge in [-0.05, 0) is 24.0 Å². The van der Waals surface area contributed by atoms with Gasteiger partial charge in [-0.3, -0.25) is 9.69 Å². The Labute approximate surface area is 167 Å². The Morgan fingerprint density at radius 1 is 0.929 bits per heavy atom. The zero-order valence-electron chi connectivity index (χ0n) is 17.1. The molecule has 1 aromatic rings. The molecule has 2 saturated heterocycles. The molecule has 0 atom stereocenters. The zero-order valence-corrected chi connectivity index (χ0v) is 17.1. The maximum atomic E-state index is 12.6. The number of rotatable bonds is 5. The van der Waals surface area contributed by atoms with E-state index in [1.165, 1.54) is 11.1 Å². The van der Waals surface area contributed by atoms with Gasteiger partial charge in [0.25, 0.3) is 0 Å². The summed E-state index contributed by atoms with van der Waals surface area (Å²) in [4.78, 5) is 31.1. The van der Waals surface area contributed by atoms with Gasteiger partial charge >= 0.3 is 6.03 Å². The van der Waals surface area contributed by atoms with E-state index in [4.69, 9.17) is 4.74 Å². The summed E-state index contributed by atoms with van der Waals surface area (Å²) in [6.07, 6.45) is 1.79. The number of urea groups is 1. The first-order valence-corrected chi connectivity index (χ1v) is 10.4. The lowest BCUT2D eigenvalue weighted by Crippen LogP contribution is -2.55. The van der Waals surface area contributed by atoms with Crippen LogP contribution in [0, 0.1) is 0 Å². The Morgan fingerprint density at radius 3 is 2.07 bits per heavy atom. The van der Waals surface area contributed by atoms with Crippen LogP contribution in [0.25, 0.3) is 0 Å². The van der Waals surface area contributed by atoms with Crippen LogP contribution in [0.15, 0.2) is 18.2 Å². The molecule has 154 valence electrons. The third-order valence-corrected chi connectivity index (χ3v) is 5.55. The van der Waals surface area contributed by atoms with Crippen LogP contribution in [0.4, 0.5) is 10.5 Å². The van der Waals surface area contributed by atoms with Gasteiger partial charge in [-0.2, -0.15) is 0 Å². The van der Waals surface area contributed by atoms with E-state index in [0.29, 0.717) is 45.9 Å². The second kappa shape index (κ2) is 9.89. The number of hydrogen-bond donors (Lipinski definition) is 1. The molecular formula is C21H32N4O3. The zero-order chi connectivity index (χ0) is 19.9. The van der Waals surface area contributed by atoms with Crippen molar-refractivity contribution in [3.8, 4) is 0 Å². The van der Waals surface area contributed by atoms with Crippen molar-refractivity contribution in [2.24, 2.45) is 0 Å². The van der Waals surface area contributed by atoms with Crippen LogP contribution in [-0.2, 0) is 22.4 Å². The number of amides is 3. The Hall–Kier alpha value is -2.12. The molecule has 0 aliphatic carbocycles. The van der Waals surface area contributed by atoms with Gasteiger partial charge in [-0.25, -0.2) is 4.79 Å². The highest BCUT2D eigenvalue weighted by Gasteiger charge is 2.27. The predicted octanol–water partition coefficient (Wildman–Crippen LogP) is 1.82. The lowest BCUT2D eigenvalue weighted by Gasteiger charge is -2.38. The smallest absolute Gasteiger partial charge is 0.320 e. The molecule has 2 fully saturated rings. The largest absolute Gasteiger partial charge is 0.378 e. The number of morpholine rings is 1. The van der Waals surface area contributed by atoms with Crippen LogP contribution < -0.4 is 5.32 Å². The standard InChI is InChI=1S/C21H32N4O3/c1-3-17-6-5-7-18(4-2)20(17)22-19(26)16-23-8-10-24(11-9-23)21(27)25-12-14-28-15-13-25/h5-7H,3-4,8-16H2,1-2H3,(H,22,26). The average molecular weight is 389 g/mol. The van der Waals surface area contributed by atoms with Crippen molar-refractivity contribution in [1.82, 2.24) is 14.7 Å². The van der Waals surface area contributed by atoms with Crippen molar-refractivity contribution in [1.29, 1.82) is 0 Å². The van der Waals surface area contributed by atoms with E-state index in [2.05, 4.69) is 42.3 Å². The molecule has 0 unspecified atom stereocenters. The molecule has 7 heteroatoms. The van der Waals surface area contributed by atoms with Crippen molar-refractivity contribution in [3.05, 3.63) is 29.3 Å². The molecule has 0 aromatic heterocycles. The van der Waals surface area contributed by atoms with Crippen LogP contribution in [-0.4, -0.2) is 85.7 Å². The number of piperazine rings is 1. The molecule has 0 radical (unpaired) electrons. The molecular weight excluding hydrogens is 356 g/mol. The van der Waals surface area contributed by atoms with E-state index in [9.17, 15) is 9.59 Å². The van der Waals surface area contributed by atoms with Gasteiger partial charge in [0, 0.05) is 45.0 Å². The van der Waals surface area contributed by atoms with Gasteiger partial charge < -0.3 is 19.9 Å². The normalized spacial score (nSPS) is 18.2. The first kappa shape index (κ1) is 20.6. The third kappa shape index (κ3) is 5.02. The molecule has 2 aliphatic heterocycles. The maximum absolute atomic E-state index is 12.6. The van der Waals surface area contributed by atoms with Crippen LogP contribution in [0.1, 0.15) is 25.0 Å². The molecule has 1 aromatic carbocycles. The van der Waals surface area contributed by atoms with Crippen molar-refractivity contribution in [2.75, 3.05) is 64.3 Å². The Morgan fingerprint density at radius 2 is 1.50 bits per heavy atom. The van der Waals surface area contributed by atoms with Crippen LogP contribution in [0.2, 0.25) is 0 Å². The summed E-state index contributed by atoms with van der Waals surface area (Å²) in [7, 11) is 0. The van der Waals surface area contributed by atoms with Crippen LogP contribution >= 0.6 is 0 Å². The van der Waals surface area contributed by atoms with Crippen LogP contribution in [0.3, 0.4) is 0 Å².